The third kappa shape index (κ3) is 8.45. The summed E-state index contributed by atoms with van der Waals surface area (Å²) >= 11 is 1.55. The molecule has 1 atom stereocenters. The van der Waals surface area contributed by atoms with Crippen LogP contribution in [0.15, 0.2) is 78.9 Å². The van der Waals surface area contributed by atoms with Gasteiger partial charge in [-0.15, -0.1) is 11.8 Å². The van der Waals surface area contributed by atoms with Crippen LogP contribution in [0.25, 0.3) is 0 Å². The molecule has 190 valence electrons. The zero-order valence-corrected chi connectivity index (χ0v) is 22.4. The summed E-state index contributed by atoms with van der Waals surface area (Å²) in [5.41, 5.74) is 4.31. The average molecular weight is 505 g/mol. The Morgan fingerprint density at radius 3 is 2.14 bits per heavy atom. The minimum Gasteiger partial charge on any atom is -0.497 e. The van der Waals surface area contributed by atoms with Gasteiger partial charge in [-0.05, 0) is 49.6 Å². The number of aryl methyl sites for hydroxylation is 1. The highest BCUT2D eigenvalue weighted by atomic mass is 32.2. The Labute approximate surface area is 219 Å². The number of carbonyl (C=O) groups is 2. The maximum absolute atomic E-state index is 13.6. The summed E-state index contributed by atoms with van der Waals surface area (Å²) in [5, 5.41) is 3.03. The molecule has 0 bridgehead atoms. The number of amides is 2. The molecule has 0 aliphatic rings. The first-order valence-electron chi connectivity index (χ1n) is 12.3. The van der Waals surface area contributed by atoms with Crippen LogP contribution < -0.4 is 10.1 Å². The summed E-state index contributed by atoms with van der Waals surface area (Å²) in [4.78, 5) is 28.8. The predicted octanol–water partition coefficient (Wildman–Crippen LogP) is 5.40. The molecule has 0 aromatic heterocycles. The maximum Gasteiger partial charge on any atom is 0.243 e. The molecule has 36 heavy (non-hydrogen) atoms. The van der Waals surface area contributed by atoms with Gasteiger partial charge >= 0.3 is 0 Å². The molecule has 1 unspecified atom stereocenters. The summed E-state index contributed by atoms with van der Waals surface area (Å²) in [6, 6.07) is 25.3. The van der Waals surface area contributed by atoms with Crippen LogP contribution in [0.5, 0.6) is 5.75 Å². The standard InChI is InChI=1S/C30H36N2O3S/c1-22(2)31-30(34)28(18-24-8-6-5-7-9-24)32(19-25-12-10-23(3)11-13-25)29(33)21-36-20-26-14-16-27(35-4)17-15-26/h5-17,22,28H,18-21H2,1-4H3,(H,31,34). The second-order valence-electron chi connectivity index (χ2n) is 9.22. The van der Waals surface area contributed by atoms with Gasteiger partial charge in [-0.3, -0.25) is 9.59 Å². The van der Waals surface area contributed by atoms with Gasteiger partial charge < -0.3 is 15.0 Å². The van der Waals surface area contributed by atoms with Crippen LogP contribution in [-0.4, -0.2) is 41.7 Å². The monoisotopic (exact) mass is 504 g/mol. The molecule has 3 aromatic rings. The molecule has 0 heterocycles. The Kier molecular flexibility index (Phi) is 10.4. The van der Waals surface area contributed by atoms with E-state index in [0.717, 1.165) is 28.0 Å². The van der Waals surface area contributed by atoms with E-state index in [4.69, 9.17) is 4.74 Å². The first-order chi connectivity index (χ1) is 17.4. The van der Waals surface area contributed by atoms with Crippen molar-refractivity contribution in [2.45, 2.75) is 51.6 Å². The van der Waals surface area contributed by atoms with E-state index in [1.807, 2.05) is 99.6 Å². The summed E-state index contributed by atoms with van der Waals surface area (Å²) in [5.74, 6) is 1.63. The van der Waals surface area contributed by atoms with Crippen LogP contribution in [0, 0.1) is 6.92 Å². The normalized spacial score (nSPS) is 11.7. The lowest BCUT2D eigenvalue weighted by molar-refractivity contribution is -0.139. The van der Waals surface area contributed by atoms with Crippen LogP contribution in [-0.2, 0) is 28.3 Å². The Bertz CT molecular complexity index is 1100. The fraction of sp³-hybridized carbons (Fsp3) is 0.333. The number of hydrogen-bond donors (Lipinski definition) is 1. The molecule has 1 N–H and O–H groups in total. The van der Waals surface area contributed by atoms with Crippen molar-refractivity contribution in [2.24, 2.45) is 0 Å². The van der Waals surface area contributed by atoms with Crippen LogP contribution in [0.2, 0.25) is 0 Å². The van der Waals surface area contributed by atoms with Crippen LogP contribution >= 0.6 is 11.8 Å². The van der Waals surface area contributed by atoms with Crippen molar-refractivity contribution in [1.29, 1.82) is 0 Å². The van der Waals surface area contributed by atoms with E-state index in [-0.39, 0.29) is 23.6 Å². The zero-order chi connectivity index (χ0) is 25.9. The van der Waals surface area contributed by atoms with Crippen molar-refractivity contribution in [3.05, 3.63) is 101 Å². The highest BCUT2D eigenvalue weighted by Gasteiger charge is 2.30. The van der Waals surface area contributed by atoms with Gasteiger partial charge in [0.05, 0.1) is 12.9 Å². The van der Waals surface area contributed by atoms with Gasteiger partial charge in [0.15, 0.2) is 0 Å². The smallest absolute Gasteiger partial charge is 0.243 e. The lowest BCUT2D eigenvalue weighted by Crippen LogP contribution is -2.52. The third-order valence-electron chi connectivity index (χ3n) is 5.83. The Balaban J connectivity index is 1.81. The highest BCUT2D eigenvalue weighted by Crippen LogP contribution is 2.20. The summed E-state index contributed by atoms with van der Waals surface area (Å²) in [6.07, 6.45) is 0.458. The zero-order valence-electron chi connectivity index (χ0n) is 21.6. The molecule has 0 saturated heterocycles. The van der Waals surface area contributed by atoms with Crippen LogP contribution in [0.3, 0.4) is 0 Å². The van der Waals surface area contributed by atoms with Gasteiger partial charge in [0, 0.05) is 24.8 Å². The van der Waals surface area contributed by atoms with E-state index in [9.17, 15) is 9.59 Å². The van der Waals surface area contributed by atoms with E-state index in [2.05, 4.69) is 5.32 Å². The van der Waals surface area contributed by atoms with Crippen LogP contribution in [0.1, 0.15) is 36.1 Å². The van der Waals surface area contributed by atoms with Gasteiger partial charge in [-0.1, -0.05) is 72.3 Å². The topological polar surface area (TPSA) is 58.6 Å². The average Bonchev–Trinajstić information content (AvgIpc) is 2.87. The molecule has 0 fully saturated rings. The quantitative estimate of drug-likeness (QED) is 0.359. The highest BCUT2D eigenvalue weighted by molar-refractivity contribution is 7.99. The molecule has 0 aliphatic carbocycles. The number of benzene rings is 3. The van der Waals surface area contributed by atoms with Crippen molar-refractivity contribution in [3.8, 4) is 5.75 Å². The first kappa shape index (κ1) is 27.3. The van der Waals surface area contributed by atoms with Crippen molar-refractivity contribution in [2.75, 3.05) is 12.9 Å². The van der Waals surface area contributed by atoms with Crippen molar-refractivity contribution < 1.29 is 14.3 Å². The third-order valence-corrected chi connectivity index (χ3v) is 6.82. The van der Waals surface area contributed by atoms with E-state index in [0.29, 0.717) is 18.7 Å². The molecule has 6 heteroatoms. The van der Waals surface area contributed by atoms with E-state index < -0.39 is 6.04 Å². The molecule has 5 nitrogen and oxygen atoms in total. The number of nitrogens with one attached hydrogen (secondary N) is 1. The molecule has 0 radical (unpaired) electrons. The summed E-state index contributed by atoms with van der Waals surface area (Å²) < 4.78 is 5.23. The van der Waals surface area contributed by atoms with Crippen molar-refractivity contribution in [1.82, 2.24) is 10.2 Å². The number of nitrogens with zero attached hydrogens (tertiary/aromatic N) is 1. The number of rotatable bonds is 12. The lowest BCUT2D eigenvalue weighted by Gasteiger charge is -2.32. The van der Waals surface area contributed by atoms with E-state index in [1.54, 1.807) is 23.8 Å². The van der Waals surface area contributed by atoms with E-state index in [1.165, 1.54) is 0 Å². The number of thioether (sulfide) groups is 1. The Hall–Kier alpha value is -3.25. The number of methoxy groups -OCH3 is 1. The van der Waals surface area contributed by atoms with Gasteiger partial charge in [0.25, 0.3) is 0 Å². The van der Waals surface area contributed by atoms with Gasteiger partial charge in [0.2, 0.25) is 11.8 Å². The molecule has 0 aliphatic heterocycles. The van der Waals surface area contributed by atoms with Gasteiger partial charge in [0.1, 0.15) is 11.8 Å². The minimum atomic E-state index is -0.606. The molecule has 3 aromatic carbocycles. The lowest BCUT2D eigenvalue weighted by atomic mass is 10.0. The largest absolute Gasteiger partial charge is 0.497 e. The van der Waals surface area contributed by atoms with Crippen LogP contribution in [0.4, 0.5) is 0 Å². The number of carbonyl (C=O) groups excluding carboxylic acids is 2. The maximum atomic E-state index is 13.6. The van der Waals surface area contributed by atoms with Gasteiger partial charge in [-0.2, -0.15) is 0 Å². The Morgan fingerprint density at radius 2 is 1.53 bits per heavy atom. The van der Waals surface area contributed by atoms with Crippen molar-refractivity contribution in [3.63, 3.8) is 0 Å². The molecule has 0 saturated carbocycles. The fourth-order valence-electron chi connectivity index (χ4n) is 3.89. The molecule has 2 amide bonds. The number of hydrogen-bond acceptors (Lipinski definition) is 4. The summed E-state index contributed by atoms with van der Waals surface area (Å²) in [7, 11) is 1.65. The molecular weight excluding hydrogens is 468 g/mol. The number of ether oxygens (including phenoxy) is 1. The first-order valence-corrected chi connectivity index (χ1v) is 13.4. The molecular formula is C30H36N2O3S. The fourth-order valence-corrected chi connectivity index (χ4v) is 4.76. The summed E-state index contributed by atoms with van der Waals surface area (Å²) in [6.45, 7) is 6.30. The second-order valence-corrected chi connectivity index (χ2v) is 10.2. The van der Waals surface area contributed by atoms with Gasteiger partial charge in [-0.25, -0.2) is 0 Å². The SMILES string of the molecule is COc1ccc(CSCC(=O)N(Cc2ccc(C)cc2)C(Cc2ccccc2)C(=O)NC(C)C)cc1. The predicted molar refractivity (Wildman–Crippen MR) is 148 cm³/mol. The molecule has 0 spiro atoms. The molecule has 3 rings (SSSR count). The second kappa shape index (κ2) is 13.7. The van der Waals surface area contributed by atoms with Crippen molar-refractivity contribution >= 4 is 23.6 Å². The Morgan fingerprint density at radius 1 is 0.889 bits per heavy atom. The van der Waals surface area contributed by atoms with E-state index >= 15 is 0 Å². The minimum absolute atomic E-state index is 0.0171.